The van der Waals surface area contributed by atoms with Crippen molar-refractivity contribution in [3.63, 3.8) is 0 Å². The highest BCUT2D eigenvalue weighted by atomic mass is 79.9. The van der Waals surface area contributed by atoms with Gasteiger partial charge in [-0.15, -0.1) is 0 Å². The number of halogens is 1. The molecule has 0 aromatic heterocycles. The first kappa shape index (κ1) is 19.6. The molecular formula is C26H20BrOP. The van der Waals surface area contributed by atoms with Crippen molar-refractivity contribution in [2.75, 3.05) is 0 Å². The summed E-state index contributed by atoms with van der Waals surface area (Å²) in [6.45, 7) is 0. The predicted molar refractivity (Wildman–Crippen MR) is 127 cm³/mol. The van der Waals surface area contributed by atoms with Gasteiger partial charge in [-0.1, -0.05) is 88.4 Å². The molecule has 0 unspecified atom stereocenters. The number of benzene rings is 4. The quantitative estimate of drug-likeness (QED) is 0.301. The number of hydrogen-bond donors (Lipinski definition) is 0. The molecule has 4 aromatic rings. The topological polar surface area (TPSA) is 23.1 Å². The maximum atomic E-state index is 13.4. The summed E-state index contributed by atoms with van der Waals surface area (Å²) in [5, 5.41) is 17.0. The largest absolute Gasteiger partial charge is 0.870 e. The van der Waals surface area contributed by atoms with E-state index in [1.165, 1.54) is 15.9 Å². The van der Waals surface area contributed by atoms with Crippen molar-refractivity contribution in [2.45, 2.75) is 0 Å². The third-order valence-corrected chi connectivity index (χ3v) is 9.42. The van der Waals surface area contributed by atoms with Gasteiger partial charge in [0.1, 0.15) is 23.2 Å². The van der Waals surface area contributed by atoms with Gasteiger partial charge >= 0.3 is 0 Å². The standard InChI is InChI=1S/C26H20BrOP/c27-22-18-16-21(17-19-22)26(28)20-29(23-10-4-1-5-11-23,24-12-6-2-7-13-24)25-14-8-3-9-15-25/h1-20H/b26-20-. The van der Waals surface area contributed by atoms with Gasteiger partial charge in [-0.3, -0.25) is 0 Å². The van der Waals surface area contributed by atoms with E-state index in [-0.39, 0.29) is 5.76 Å². The minimum Gasteiger partial charge on any atom is -0.870 e. The van der Waals surface area contributed by atoms with E-state index < -0.39 is 7.26 Å². The molecule has 0 aliphatic heterocycles. The van der Waals surface area contributed by atoms with Gasteiger partial charge < -0.3 is 5.11 Å². The van der Waals surface area contributed by atoms with Crippen LogP contribution in [0.1, 0.15) is 5.56 Å². The Balaban J connectivity index is 2.02. The molecule has 4 aromatic carbocycles. The van der Waals surface area contributed by atoms with Gasteiger partial charge in [0.25, 0.3) is 0 Å². The van der Waals surface area contributed by atoms with Gasteiger partial charge in [-0.05, 0) is 54.1 Å². The van der Waals surface area contributed by atoms with Crippen molar-refractivity contribution in [2.24, 2.45) is 0 Å². The van der Waals surface area contributed by atoms with Crippen molar-refractivity contribution in [3.8, 4) is 0 Å². The summed E-state index contributed by atoms with van der Waals surface area (Å²) in [4.78, 5) is 0. The molecule has 0 spiro atoms. The second kappa shape index (κ2) is 8.78. The zero-order chi connectivity index (χ0) is 20.1. The fraction of sp³-hybridized carbons (Fsp3) is 0. The average molecular weight is 459 g/mol. The minimum atomic E-state index is -2.27. The van der Waals surface area contributed by atoms with Gasteiger partial charge in [-0.2, -0.15) is 0 Å². The van der Waals surface area contributed by atoms with Gasteiger partial charge in [0.2, 0.25) is 0 Å². The SMILES string of the molecule is [O-]/C(=C\[P+](c1ccccc1)(c1ccccc1)c1ccccc1)c1ccc(Br)cc1. The highest BCUT2D eigenvalue weighted by Gasteiger charge is 2.43. The number of rotatable bonds is 5. The molecular weight excluding hydrogens is 439 g/mol. The third-order valence-electron chi connectivity index (χ3n) is 4.93. The molecule has 0 aliphatic rings. The lowest BCUT2D eigenvalue weighted by molar-refractivity contribution is -0.243. The lowest BCUT2D eigenvalue weighted by Gasteiger charge is -2.27. The molecule has 0 saturated heterocycles. The van der Waals surface area contributed by atoms with Crippen molar-refractivity contribution in [1.29, 1.82) is 0 Å². The van der Waals surface area contributed by atoms with Crippen molar-refractivity contribution >= 4 is 44.9 Å². The summed E-state index contributed by atoms with van der Waals surface area (Å²) < 4.78 is 0.962. The molecule has 0 aliphatic carbocycles. The van der Waals surface area contributed by atoms with Crippen LogP contribution in [0.5, 0.6) is 0 Å². The van der Waals surface area contributed by atoms with Crippen LogP contribution in [-0.2, 0) is 0 Å². The van der Waals surface area contributed by atoms with Gasteiger partial charge in [0, 0.05) is 4.47 Å². The molecule has 142 valence electrons. The molecule has 1 nitrogen and oxygen atoms in total. The first-order chi connectivity index (χ1) is 14.2. The van der Waals surface area contributed by atoms with Crippen molar-refractivity contribution in [3.05, 3.63) is 131 Å². The Kier molecular flexibility index (Phi) is 5.94. The van der Waals surface area contributed by atoms with E-state index in [2.05, 4.69) is 52.3 Å². The maximum absolute atomic E-state index is 13.4. The average Bonchev–Trinajstić information content (AvgIpc) is 2.79. The van der Waals surface area contributed by atoms with Crippen LogP contribution in [-0.4, -0.2) is 0 Å². The van der Waals surface area contributed by atoms with Crippen LogP contribution in [0.15, 0.2) is 126 Å². The Labute approximate surface area is 180 Å². The normalized spacial score (nSPS) is 12.0. The molecule has 4 rings (SSSR count). The van der Waals surface area contributed by atoms with E-state index in [9.17, 15) is 5.11 Å². The summed E-state index contributed by atoms with van der Waals surface area (Å²) >= 11 is 3.45. The molecule has 0 atom stereocenters. The molecule has 0 heterocycles. The van der Waals surface area contributed by atoms with E-state index in [0.717, 1.165) is 4.47 Å². The Hall–Kier alpha value is -2.67. The zero-order valence-corrected chi connectivity index (χ0v) is 18.3. The fourth-order valence-corrected chi connectivity index (χ4v) is 7.56. The van der Waals surface area contributed by atoms with E-state index in [4.69, 9.17) is 0 Å². The molecule has 0 amide bonds. The summed E-state index contributed by atoms with van der Waals surface area (Å²) in [7, 11) is -2.27. The Morgan fingerprint density at radius 1 is 0.586 bits per heavy atom. The second-order valence-electron chi connectivity index (χ2n) is 6.73. The van der Waals surface area contributed by atoms with Gasteiger partial charge in [0.15, 0.2) is 0 Å². The smallest absolute Gasteiger partial charge is 0.136 e. The van der Waals surface area contributed by atoms with Crippen LogP contribution >= 0.6 is 23.2 Å². The van der Waals surface area contributed by atoms with E-state index in [1.54, 1.807) is 0 Å². The highest BCUT2D eigenvalue weighted by Crippen LogP contribution is 2.57. The molecule has 0 N–H and O–H groups in total. The fourth-order valence-electron chi connectivity index (χ4n) is 3.52. The molecule has 0 saturated carbocycles. The van der Waals surface area contributed by atoms with Crippen LogP contribution < -0.4 is 21.0 Å². The summed E-state index contributed by atoms with van der Waals surface area (Å²) in [6.07, 6.45) is 0. The minimum absolute atomic E-state index is 0.0439. The van der Waals surface area contributed by atoms with Crippen LogP contribution in [0.4, 0.5) is 0 Å². The Morgan fingerprint density at radius 3 is 1.34 bits per heavy atom. The zero-order valence-electron chi connectivity index (χ0n) is 15.8. The van der Waals surface area contributed by atoms with E-state index >= 15 is 0 Å². The predicted octanol–water partition coefficient (Wildman–Crippen LogP) is 5.10. The molecule has 3 heteroatoms. The Bertz CT molecular complexity index is 995. The van der Waals surface area contributed by atoms with Gasteiger partial charge in [-0.25, -0.2) is 0 Å². The molecule has 0 bridgehead atoms. The summed E-state index contributed by atoms with van der Waals surface area (Å²) in [5.41, 5.74) is 0.695. The molecule has 0 fully saturated rings. The van der Waals surface area contributed by atoms with Crippen molar-refractivity contribution in [1.82, 2.24) is 0 Å². The third kappa shape index (κ3) is 4.05. The van der Waals surface area contributed by atoms with Crippen molar-refractivity contribution < 1.29 is 5.11 Å². The molecule has 29 heavy (non-hydrogen) atoms. The summed E-state index contributed by atoms with van der Waals surface area (Å²) in [6, 6.07) is 38.8. The van der Waals surface area contributed by atoms with Gasteiger partial charge in [0.05, 0.1) is 5.82 Å². The maximum Gasteiger partial charge on any atom is 0.136 e. The lowest BCUT2D eigenvalue weighted by Crippen LogP contribution is -2.30. The second-order valence-corrected chi connectivity index (χ2v) is 10.9. The van der Waals surface area contributed by atoms with Crippen LogP contribution in [0.3, 0.4) is 0 Å². The van der Waals surface area contributed by atoms with Crippen LogP contribution in [0, 0.1) is 0 Å². The summed E-state index contributed by atoms with van der Waals surface area (Å²) in [5.74, 6) is 2.01. The molecule has 0 radical (unpaired) electrons. The van der Waals surface area contributed by atoms with E-state index in [0.29, 0.717) is 5.56 Å². The highest BCUT2D eigenvalue weighted by molar-refractivity contribution is 9.10. The first-order valence-corrected chi connectivity index (χ1v) is 12.1. The first-order valence-electron chi connectivity index (χ1n) is 9.41. The van der Waals surface area contributed by atoms with E-state index in [1.807, 2.05) is 84.7 Å². The monoisotopic (exact) mass is 458 g/mol. The lowest BCUT2D eigenvalue weighted by atomic mass is 10.2. The van der Waals surface area contributed by atoms with Crippen LogP contribution in [0.25, 0.3) is 5.76 Å². The van der Waals surface area contributed by atoms with Crippen LogP contribution in [0.2, 0.25) is 0 Å². The Morgan fingerprint density at radius 2 is 0.966 bits per heavy atom. The number of hydrogen-bond acceptors (Lipinski definition) is 1.